The minimum Gasteiger partial charge on any atom is -0.462 e. The van der Waals surface area contributed by atoms with Gasteiger partial charge in [0.05, 0.1) is 6.61 Å². The Balaban J connectivity index is 4.33. The molecule has 0 aliphatic carbocycles. The van der Waals surface area contributed by atoms with E-state index in [1.807, 2.05) is 0 Å². The Bertz CT molecular complexity index is 1320. The number of unbranched alkanes of at least 4 members (excludes halogenated alkanes) is 32. The molecule has 0 radical (unpaired) electrons. The van der Waals surface area contributed by atoms with Gasteiger partial charge in [-0.3, -0.25) is 9.59 Å². The second-order valence-corrected chi connectivity index (χ2v) is 20.6. The van der Waals surface area contributed by atoms with Crippen LogP contribution in [0, 0.1) is 0 Å². The van der Waals surface area contributed by atoms with Crippen molar-refractivity contribution in [3.63, 3.8) is 0 Å². The molecule has 0 saturated carbocycles. The van der Waals surface area contributed by atoms with Gasteiger partial charge in [-0.15, -0.1) is 0 Å². The van der Waals surface area contributed by atoms with E-state index in [1.54, 1.807) is 0 Å². The molecule has 5 nitrogen and oxygen atoms in total. The molecule has 0 heterocycles. The number of esters is 2. The van der Waals surface area contributed by atoms with Gasteiger partial charge in [-0.05, 0) is 96.3 Å². The average Bonchev–Trinajstić information content (AvgIpc) is 3.38. The summed E-state index contributed by atoms with van der Waals surface area (Å²) in [5, 5.41) is 0. The lowest BCUT2D eigenvalue weighted by atomic mass is 10.0. The highest BCUT2D eigenvalue weighted by molar-refractivity contribution is 5.70. The molecule has 0 aliphatic rings. The molecule has 72 heavy (non-hydrogen) atoms. The molecule has 1 atom stereocenters. The van der Waals surface area contributed by atoms with Gasteiger partial charge >= 0.3 is 11.9 Å². The summed E-state index contributed by atoms with van der Waals surface area (Å²) in [4.78, 5) is 25.6. The monoisotopic (exact) mass is 1000 g/mol. The molecule has 0 rings (SSSR count). The van der Waals surface area contributed by atoms with Crippen molar-refractivity contribution in [3.8, 4) is 0 Å². The predicted octanol–water partition coefficient (Wildman–Crippen LogP) is 21.6. The van der Waals surface area contributed by atoms with Crippen molar-refractivity contribution in [2.75, 3.05) is 19.8 Å². The van der Waals surface area contributed by atoms with Gasteiger partial charge in [-0.25, -0.2) is 0 Å². The molecule has 0 spiro atoms. The van der Waals surface area contributed by atoms with E-state index in [0.717, 1.165) is 89.9 Å². The van der Waals surface area contributed by atoms with Crippen LogP contribution in [0.5, 0.6) is 0 Å². The van der Waals surface area contributed by atoms with Crippen molar-refractivity contribution in [3.05, 3.63) is 85.1 Å². The summed E-state index contributed by atoms with van der Waals surface area (Å²) >= 11 is 0. The van der Waals surface area contributed by atoms with Gasteiger partial charge < -0.3 is 14.2 Å². The molecule has 0 aromatic heterocycles. The number of ether oxygens (including phenoxy) is 3. The average molecular weight is 1000 g/mol. The lowest BCUT2D eigenvalue weighted by Crippen LogP contribution is -2.30. The van der Waals surface area contributed by atoms with E-state index < -0.39 is 6.10 Å². The van der Waals surface area contributed by atoms with Crippen LogP contribution in [-0.2, 0) is 23.8 Å². The SMILES string of the molecule is CC/C=C\C/C=C\C/C=C\C/C=C\C/C=C\CCCCCC(=O)OCC(COCCCCCCCCCC/C=C\C/C=C\CCCCC)OC(=O)CCCCCCCCCCCCCCCCCCCCC. The first kappa shape index (κ1) is 69.1. The Kier molecular flexibility index (Phi) is 59.8. The van der Waals surface area contributed by atoms with Crippen LogP contribution in [0.2, 0.25) is 0 Å². The maximum Gasteiger partial charge on any atom is 0.306 e. The van der Waals surface area contributed by atoms with Gasteiger partial charge in [0.25, 0.3) is 0 Å². The first-order chi connectivity index (χ1) is 35.6. The minimum absolute atomic E-state index is 0.0652. The van der Waals surface area contributed by atoms with Gasteiger partial charge in [0.15, 0.2) is 6.10 Å². The van der Waals surface area contributed by atoms with Gasteiger partial charge in [0, 0.05) is 19.4 Å². The van der Waals surface area contributed by atoms with Crippen molar-refractivity contribution >= 4 is 11.9 Å². The molecule has 0 amide bonds. The van der Waals surface area contributed by atoms with Gasteiger partial charge in [-0.2, -0.15) is 0 Å². The zero-order valence-corrected chi connectivity index (χ0v) is 47.9. The number of allylic oxidation sites excluding steroid dienone is 14. The standard InChI is InChI=1S/C67H118O5/c1-4-7-10-13-16-19-22-25-28-31-34-36-39-42-45-48-51-54-57-60-66(68)71-64-65(63-70-62-59-56-53-50-47-44-41-38-33-30-27-24-21-18-15-12-9-6-3)72-67(69)61-58-55-52-49-46-43-40-37-35-32-29-26-23-20-17-14-11-8-5-2/h7,10,16,18-19,21,25,27-28,30,34,36,42,45,65H,4-6,8-9,11-15,17,20,22-24,26,29,31-33,35,37-41,43-44,46-64H2,1-3H3/b10-7-,19-16-,21-18-,28-25-,30-27-,36-34-,45-42-. The van der Waals surface area contributed by atoms with Crippen molar-refractivity contribution in [1.82, 2.24) is 0 Å². The van der Waals surface area contributed by atoms with Crippen molar-refractivity contribution in [2.45, 2.75) is 309 Å². The molecule has 0 aromatic rings. The minimum atomic E-state index is -0.557. The third-order valence-electron chi connectivity index (χ3n) is 13.4. The van der Waals surface area contributed by atoms with Crippen LogP contribution < -0.4 is 0 Å². The lowest BCUT2D eigenvalue weighted by molar-refractivity contribution is -0.163. The summed E-state index contributed by atoms with van der Waals surface area (Å²) in [7, 11) is 0. The molecule has 0 bridgehead atoms. The topological polar surface area (TPSA) is 61.8 Å². The van der Waals surface area contributed by atoms with E-state index in [4.69, 9.17) is 14.2 Å². The Morgan fingerprint density at radius 2 is 0.625 bits per heavy atom. The summed E-state index contributed by atoms with van der Waals surface area (Å²) in [5.74, 6) is -0.426. The number of carbonyl (C=O) groups is 2. The largest absolute Gasteiger partial charge is 0.462 e. The summed E-state index contributed by atoms with van der Waals surface area (Å²) < 4.78 is 17.5. The summed E-state index contributed by atoms with van der Waals surface area (Å²) in [6.45, 7) is 7.69. The van der Waals surface area contributed by atoms with E-state index in [0.29, 0.717) is 19.4 Å². The Labute approximate surface area is 448 Å². The molecule has 0 N–H and O–H groups in total. The fourth-order valence-electron chi connectivity index (χ4n) is 8.80. The predicted molar refractivity (Wildman–Crippen MR) is 316 cm³/mol. The second-order valence-electron chi connectivity index (χ2n) is 20.6. The summed E-state index contributed by atoms with van der Waals surface area (Å²) in [6, 6.07) is 0. The summed E-state index contributed by atoms with van der Waals surface area (Å²) in [6.07, 6.45) is 83.3. The van der Waals surface area contributed by atoms with Crippen LogP contribution in [0.3, 0.4) is 0 Å². The first-order valence-electron chi connectivity index (χ1n) is 31.1. The van der Waals surface area contributed by atoms with E-state index in [-0.39, 0.29) is 25.2 Å². The van der Waals surface area contributed by atoms with Crippen LogP contribution in [0.1, 0.15) is 303 Å². The normalized spacial score (nSPS) is 12.8. The number of hydrogen-bond acceptors (Lipinski definition) is 5. The molecule has 0 saturated heterocycles. The molecule has 0 fully saturated rings. The highest BCUT2D eigenvalue weighted by atomic mass is 16.6. The summed E-state index contributed by atoms with van der Waals surface area (Å²) in [5.41, 5.74) is 0. The molecule has 416 valence electrons. The number of rotatable bonds is 57. The Hall–Kier alpha value is -2.92. The van der Waals surface area contributed by atoms with Crippen LogP contribution in [0.15, 0.2) is 85.1 Å². The molecular formula is C67H118O5. The molecule has 0 aliphatic heterocycles. The van der Waals surface area contributed by atoms with Gasteiger partial charge in [0.2, 0.25) is 0 Å². The molecular weight excluding hydrogens is 885 g/mol. The molecule has 0 aromatic carbocycles. The molecule has 5 heteroatoms. The van der Waals surface area contributed by atoms with Crippen molar-refractivity contribution in [2.24, 2.45) is 0 Å². The molecule has 1 unspecified atom stereocenters. The van der Waals surface area contributed by atoms with E-state index in [2.05, 4.69) is 106 Å². The number of hydrogen-bond donors (Lipinski definition) is 0. The second kappa shape index (κ2) is 62.4. The van der Waals surface area contributed by atoms with Crippen LogP contribution >= 0.6 is 0 Å². The van der Waals surface area contributed by atoms with Gasteiger partial charge in [-0.1, -0.05) is 279 Å². The van der Waals surface area contributed by atoms with Crippen LogP contribution in [-0.4, -0.2) is 37.9 Å². The highest BCUT2D eigenvalue weighted by Crippen LogP contribution is 2.16. The maximum atomic E-state index is 12.9. The fraction of sp³-hybridized carbons (Fsp3) is 0.761. The Morgan fingerprint density at radius 3 is 1.04 bits per heavy atom. The fourth-order valence-corrected chi connectivity index (χ4v) is 8.80. The third kappa shape index (κ3) is 59.6. The zero-order valence-electron chi connectivity index (χ0n) is 47.9. The van der Waals surface area contributed by atoms with Gasteiger partial charge in [0.1, 0.15) is 6.61 Å². The quantitative estimate of drug-likeness (QED) is 0.0345. The Morgan fingerprint density at radius 1 is 0.319 bits per heavy atom. The lowest BCUT2D eigenvalue weighted by Gasteiger charge is -2.18. The van der Waals surface area contributed by atoms with Crippen LogP contribution in [0.4, 0.5) is 0 Å². The van der Waals surface area contributed by atoms with Crippen molar-refractivity contribution in [1.29, 1.82) is 0 Å². The first-order valence-corrected chi connectivity index (χ1v) is 31.1. The number of carbonyl (C=O) groups excluding carboxylic acids is 2. The van der Waals surface area contributed by atoms with Crippen molar-refractivity contribution < 1.29 is 23.8 Å². The third-order valence-corrected chi connectivity index (χ3v) is 13.4. The van der Waals surface area contributed by atoms with E-state index >= 15 is 0 Å². The smallest absolute Gasteiger partial charge is 0.306 e. The maximum absolute atomic E-state index is 12.9. The highest BCUT2D eigenvalue weighted by Gasteiger charge is 2.17. The van der Waals surface area contributed by atoms with E-state index in [1.165, 1.54) is 180 Å². The van der Waals surface area contributed by atoms with E-state index in [9.17, 15) is 9.59 Å². The van der Waals surface area contributed by atoms with Crippen LogP contribution in [0.25, 0.3) is 0 Å². The zero-order chi connectivity index (χ0) is 52.0.